The Kier molecular flexibility index (Phi) is 6.15. The first-order valence-corrected chi connectivity index (χ1v) is 10.4. The zero-order chi connectivity index (χ0) is 20.9. The summed E-state index contributed by atoms with van der Waals surface area (Å²) in [6, 6.07) is 15.3. The summed E-state index contributed by atoms with van der Waals surface area (Å²) in [5.74, 6) is 6.89. The van der Waals surface area contributed by atoms with E-state index in [4.69, 9.17) is 4.74 Å². The largest absolute Gasteiger partial charge is 0.508 e. The van der Waals surface area contributed by atoms with Crippen molar-refractivity contribution in [1.29, 1.82) is 0 Å². The van der Waals surface area contributed by atoms with Gasteiger partial charge >= 0.3 is 0 Å². The van der Waals surface area contributed by atoms with Crippen molar-refractivity contribution in [2.75, 3.05) is 18.0 Å². The summed E-state index contributed by atoms with van der Waals surface area (Å²) in [4.78, 5) is 2.14. The van der Waals surface area contributed by atoms with Crippen LogP contribution in [0, 0.1) is 17.7 Å². The Morgan fingerprint density at radius 2 is 1.77 bits per heavy atom. The van der Waals surface area contributed by atoms with Crippen molar-refractivity contribution >= 4 is 21.7 Å². The van der Waals surface area contributed by atoms with Crippen LogP contribution in [0.15, 0.2) is 59.1 Å². The Morgan fingerprint density at radius 1 is 1.00 bits per heavy atom. The van der Waals surface area contributed by atoms with Crippen molar-refractivity contribution < 1.29 is 14.2 Å². The van der Waals surface area contributed by atoms with Gasteiger partial charge in [0.25, 0.3) is 0 Å². The van der Waals surface area contributed by atoms with E-state index in [0.29, 0.717) is 10.2 Å². The Labute approximate surface area is 182 Å². The molecular formula is C23H19BrFN3O2. The van der Waals surface area contributed by atoms with Gasteiger partial charge in [-0.2, -0.15) is 0 Å². The third-order valence-corrected chi connectivity index (χ3v) is 5.30. The average molecular weight is 468 g/mol. The maximum atomic E-state index is 14.0. The number of halogens is 2. The SMILES string of the molecule is Oc1ccc(C#Cc2ccc(N3CCC(Oc4ccc(Br)cc4F)CC3)nn2)cc1. The number of hydrogen-bond acceptors (Lipinski definition) is 5. The van der Waals surface area contributed by atoms with E-state index in [2.05, 4.69) is 42.9 Å². The molecule has 0 bridgehead atoms. The minimum absolute atomic E-state index is 0.0275. The van der Waals surface area contributed by atoms with E-state index in [-0.39, 0.29) is 23.4 Å². The van der Waals surface area contributed by atoms with Crippen LogP contribution in [-0.4, -0.2) is 34.5 Å². The third-order valence-electron chi connectivity index (χ3n) is 4.81. The average Bonchev–Trinajstić information content (AvgIpc) is 2.76. The number of anilines is 1. The molecule has 1 aliphatic heterocycles. The van der Waals surface area contributed by atoms with E-state index >= 15 is 0 Å². The Morgan fingerprint density at radius 3 is 2.43 bits per heavy atom. The summed E-state index contributed by atoms with van der Waals surface area (Å²) >= 11 is 3.25. The number of aromatic nitrogens is 2. The van der Waals surface area contributed by atoms with Gasteiger partial charge in [-0.3, -0.25) is 0 Å². The molecule has 0 unspecified atom stereocenters. The van der Waals surface area contributed by atoms with Crippen LogP contribution in [0.2, 0.25) is 0 Å². The molecular weight excluding hydrogens is 449 g/mol. The van der Waals surface area contributed by atoms with Crippen LogP contribution in [0.5, 0.6) is 11.5 Å². The van der Waals surface area contributed by atoms with Gasteiger partial charge in [0.05, 0.1) is 0 Å². The molecule has 0 radical (unpaired) electrons. The highest BCUT2D eigenvalue weighted by Gasteiger charge is 2.22. The first kappa shape index (κ1) is 20.2. The van der Waals surface area contributed by atoms with Crippen molar-refractivity contribution in [2.45, 2.75) is 18.9 Å². The molecule has 1 saturated heterocycles. The van der Waals surface area contributed by atoms with Crippen molar-refractivity contribution in [1.82, 2.24) is 10.2 Å². The number of phenols is 1. The Bertz CT molecular complexity index is 1070. The summed E-state index contributed by atoms with van der Waals surface area (Å²) in [6.45, 7) is 1.52. The molecule has 0 atom stereocenters. The predicted molar refractivity (Wildman–Crippen MR) is 116 cm³/mol. The van der Waals surface area contributed by atoms with E-state index in [1.807, 2.05) is 12.1 Å². The number of nitrogens with zero attached hydrogens (tertiary/aromatic N) is 3. The first-order chi connectivity index (χ1) is 14.6. The lowest BCUT2D eigenvalue weighted by atomic mass is 10.1. The van der Waals surface area contributed by atoms with Gasteiger partial charge in [-0.1, -0.05) is 21.9 Å². The number of piperidine rings is 1. The Balaban J connectivity index is 1.33. The van der Waals surface area contributed by atoms with E-state index in [1.165, 1.54) is 6.07 Å². The zero-order valence-corrected chi connectivity index (χ0v) is 17.6. The molecule has 3 aromatic rings. The summed E-state index contributed by atoms with van der Waals surface area (Å²) < 4.78 is 20.5. The molecule has 7 heteroatoms. The van der Waals surface area contributed by atoms with Crippen LogP contribution in [0.4, 0.5) is 10.2 Å². The van der Waals surface area contributed by atoms with E-state index in [1.54, 1.807) is 36.4 Å². The normalized spacial score (nSPS) is 14.1. The topological polar surface area (TPSA) is 58.5 Å². The van der Waals surface area contributed by atoms with Gasteiger partial charge in [0.1, 0.15) is 17.5 Å². The van der Waals surface area contributed by atoms with Crippen molar-refractivity contribution in [3.05, 3.63) is 76.1 Å². The summed E-state index contributed by atoms with van der Waals surface area (Å²) in [5, 5.41) is 17.8. The monoisotopic (exact) mass is 467 g/mol. The van der Waals surface area contributed by atoms with Crippen LogP contribution in [-0.2, 0) is 0 Å². The van der Waals surface area contributed by atoms with Gasteiger partial charge in [-0.15, -0.1) is 10.2 Å². The molecule has 5 nitrogen and oxygen atoms in total. The van der Waals surface area contributed by atoms with Crippen molar-refractivity contribution in [3.63, 3.8) is 0 Å². The summed E-state index contributed by atoms with van der Waals surface area (Å²) in [7, 11) is 0. The number of rotatable bonds is 3. The molecule has 2 heterocycles. The maximum Gasteiger partial charge on any atom is 0.166 e. The van der Waals surface area contributed by atoms with Crippen LogP contribution in [0.1, 0.15) is 24.1 Å². The number of phenolic OH excluding ortho intramolecular Hbond substituents is 1. The molecule has 1 N–H and O–H groups in total. The Hall–Kier alpha value is -3.11. The van der Waals surface area contributed by atoms with Crippen LogP contribution < -0.4 is 9.64 Å². The van der Waals surface area contributed by atoms with Gasteiger partial charge < -0.3 is 14.7 Å². The van der Waals surface area contributed by atoms with Crippen LogP contribution in [0.3, 0.4) is 0 Å². The second-order valence-electron chi connectivity index (χ2n) is 6.95. The molecule has 0 saturated carbocycles. The number of aromatic hydroxyl groups is 1. The lowest BCUT2D eigenvalue weighted by Gasteiger charge is -2.32. The molecule has 152 valence electrons. The highest BCUT2D eigenvalue weighted by Crippen LogP contribution is 2.26. The molecule has 0 aliphatic carbocycles. The molecule has 1 fully saturated rings. The number of ether oxygens (including phenoxy) is 1. The van der Waals surface area contributed by atoms with Crippen molar-refractivity contribution in [3.8, 4) is 23.3 Å². The van der Waals surface area contributed by atoms with Crippen molar-refractivity contribution in [2.24, 2.45) is 0 Å². The first-order valence-electron chi connectivity index (χ1n) is 9.58. The molecule has 0 amide bonds. The number of hydrogen-bond donors (Lipinski definition) is 1. The minimum atomic E-state index is -0.360. The molecule has 2 aromatic carbocycles. The van der Waals surface area contributed by atoms with Crippen LogP contribution in [0.25, 0.3) is 0 Å². The standard InChI is InChI=1S/C23H19BrFN3O2/c24-17-4-9-22(21(25)15-17)30-20-11-13-28(14-12-20)23-10-6-18(26-27-23)5-1-16-2-7-19(29)8-3-16/h2-4,6-10,15,20,29H,11-14H2. The quantitative estimate of drug-likeness (QED) is 0.573. The van der Waals surface area contributed by atoms with E-state index < -0.39 is 0 Å². The highest BCUT2D eigenvalue weighted by atomic mass is 79.9. The third kappa shape index (κ3) is 5.08. The lowest BCUT2D eigenvalue weighted by Crippen LogP contribution is -2.38. The molecule has 4 rings (SSSR count). The molecule has 1 aliphatic rings. The second kappa shape index (κ2) is 9.14. The fourth-order valence-electron chi connectivity index (χ4n) is 3.19. The second-order valence-corrected chi connectivity index (χ2v) is 7.87. The van der Waals surface area contributed by atoms with Gasteiger partial charge in [0, 0.05) is 36.0 Å². The summed E-state index contributed by atoms with van der Waals surface area (Å²) in [5.41, 5.74) is 1.37. The molecule has 0 spiro atoms. The van der Waals surface area contributed by atoms with Gasteiger partial charge in [-0.05, 0) is 60.5 Å². The van der Waals surface area contributed by atoms with Gasteiger partial charge in [0.2, 0.25) is 0 Å². The number of benzene rings is 2. The highest BCUT2D eigenvalue weighted by molar-refractivity contribution is 9.10. The lowest BCUT2D eigenvalue weighted by molar-refractivity contribution is 0.163. The van der Waals surface area contributed by atoms with E-state index in [0.717, 1.165) is 37.3 Å². The minimum Gasteiger partial charge on any atom is -0.508 e. The van der Waals surface area contributed by atoms with Gasteiger partial charge in [0.15, 0.2) is 17.4 Å². The molecule has 1 aromatic heterocycles. The summed E-state index contributed by atoms with van der Waals surface area (Å²) in [6.07, 6.45) is 1.53. The van der Waals surface area contributed by atoms with E-state index in [9.17, 15) is 9.50 Å². The zero-order valence-electron chi connectivity index (χ0n) is 16.1. The predicted octanol–water partition coefficient (Wildman–Crippen LogP) is 4.53. The fraction of sp³-hybridized carbons (Fsp3) is 0.217. The van der Waals surface area contributed by atoms with Gasteiger partial charge in [-0.25, -0.2) is 4.39 Å². The molecule has 30 heavy (non-hydrogen) atoms. The maximum absolute atomic E-state index is 14.0. The fourth-order valence-corrected chi connectivity index (χ4v) is 3.53. The van der Waals surface area contributed by atoms with Crippen LogP contribution >= 0.6 is 15.9 Å². The smallest absolute Gasteiger partial charge is 0.166 e.